The summed E-state index contributed by atoms with van der Waals surface area (Å²) in [5.74, 6) is 0.0103. The third kappa shape index (κ3) is 3.84. The predicted molar refractivity (Wildman–Crippen MR) is 86.6 cm³/mol. The molecule has 132 valence electrons. The average Bonchev–Trinajstić information content (AvgIpc) is 2.61. The highest BCUT2D eigenvalue weighted by atomic mass is 35.5. The molecule has 1 saturated heterocycles. The maximum Gasteiger partial charge on any atom is 0.433 e. The van der Waals surface area contributed by atoms with Gasteiger partial charge in [-0.3, -0.25) is 4.79 Å². The first kappa shape index (κ1) is 17.5. The molecule has 0 saturated carbocycles. The Kier molecular flexibility index (Phi) is 4.80. The van der Waals surface area contributed by atoms with Crippen molar-refractivity contribution >= 4 is 23.3 Å². The van der Waals surface area contributed by atoms with Crippen LogP contribution in [0.3, 0.4) is 0 Å². The first-order chi connectivity index (χ1) is 11.9. The van der Waals surface area contributed by atoms with Gasteiger partial charge in [-0.2, -0.15) is 13.2 Å². The lowest BCUT2D eigenvalue weighted by Crippen LogP contribution is -2.49. The van der Waals surface area contributed by atoms with Crippen LogP contribution in [0.25, 0.3) is 0 Å². The van der Waals surface area contributed by atoms with Crippen LogP contribution in [0.4, 0.5) is 19.0 Å². The van der Waals surface area contributed by atoms with E-state index in [1.165, 1.54) is 0 Å². The van der Waals surface area contributed by atoms with Crippen LogP contribution in [0.1, 0.15) is 16.1 Å². The van der Waals surface area contributed by atoms with E-state index in [0.29, 0.717) is 36.8 Å². The van der Waals surface area contributed by atoms with Crippen molar-refractivity contribution in [2.75, 3.05) is 31.1 Å². The van der Waals surface area contributed by atoms with Crippen molar-refractivity contribution in [2.45, 2.75) is 6.18 Å². The zero-order valence-corrected chi connectivity index (χ0v) is 13.8. The smallest absolute Gasteiger partial charge is 0.353 e. The zero-order valence-electron chi connectivity index (χ0n) is 13.0. The van der Waals surface area contributed by atoms with Crippen LogP contribution in [0.2, 0.25) is 5.02 Å². The van der Waals surface area contributed by atoms with Crippen molar-refractivity contribution in [2.24, 2.45) is 0 Å². The topological polar surface area (TPSA) is 49.3 Å². The zero-order chi connectivity index (χ0) is 18.0. The number of carbonyl (C=O) groups excluding carboxylic acids is 1. The number of anilines is 1. The minimum Gasteiger partial charge on any atom is -0.353 e. The average molecular weight is 371 g/mol. The Bertz CT molecular complexity index is 776. The lowest BCUT2D eigenvalue weighted by molar-refractivity contribution is -0.141. The lowest BCUT2D eigenvalue weighted by Gasteiger charge is -2.35. The van der Waals surface area contributed by atoms with Crippen LogP contribution >= 0.6 is 11.6 Å². The summed E-state index contributed by atoms with van der Waals surface area (Å²) in [4.78, 5) is 23.0. The summed E-state index contributed by atoms with van der Waals surface area (Å²) in [6.45, 7) is 1.50. The van der Waals surface area contributed by atoms with Gasteiger partial charge in [0.1, 0.15) is 17.8 Å². The largest absolute Gasteiger partial charge is 0.433 e. The second-order valence-electron chi connectivity index (χ2n) is 5.52. The molecule has 0 atom stereocenters. The molecule has 1 aromatic carbocycles. The highest BCUT2D eigenvalue weighted by molar-refractivity contribution is 6.33. The second-order valence-corrected chi connectivity index (χ2v) is 5.93. The number of nitrogens with zero attached hydrogens (tertiary/aromatic N) is 4. The van der Waals surface area contributed by atoms with Gasteiger partial charge in [-0.15, -0.1) is 0 Å². The Morgan fingerprint density at radius 2 is 1.76 bits per heavy atom. The van der Waals surface area contributed by atoms with E-state index in [2.05, 4.69) is 9.97 Å². The summed E-state index contributed by atoms with van der Waals surface area (Å²) < 4.78 is 38.3. The number of aromatic nitrogens is 2. The number of carbonyl (C=O) groups is 1. The third-order valence-corrected chi connectivity index (χ3v) is 4.27. The van der Waals surface area contributed by atoms with Crippen molar-refractivity contribution in [3.05, 3.63) is 52.9 Å². The van der Waals surface area contributed by atoms with Crippen molar-refractivity contribution < 1.29 is 18.0 Å². The van der Waals surface area contributed by atoms with Gasteiger partial charge in [0, 0.05) is 32.2 Å². The number of piperazine rings is 1. The third-order valence-electron chi connectivity index (χ3n) is 3.94. The van der Waals surface area contributed by atoms with Crippen molar-refractivity contribution in [3.8, 4) is 0 Å². The van der Waals surface area contributed by atoms with E-state index in [1.54, 1.807) is 34.1 Å². The minimum atomic E-state index is -4.51. The molecule has 1 fully saturated rings. The highest BCUT2D eigenvalue weighted by Gasteiger charge is 2.33. The van der Waals surface area contributed by atoms with Gasteiger partial charge in [0.2, 0.25) is 0 Å². The summed E-state index contributed by atoms with van der Waals surface area (Å²) in [5.41, 5.74) is -0.564. The lowest BCUT2D eigenvalue weighted by atomic mass is 10.2. The van der Waals surface area contributed by atoms with E-state index < -0.39 is 11.9 Å². The minimum absolute atomic E-state index is 0.191. The van der Waals surface area contributed by atoms with Crippen molar-refractivity contribution in [3.63, 3.8) is 0 Å². The Morgan fingerprint density at radius 1 is 1.08 bits per heavy atom. The van der Waals surface area contributed by atoms with Gasteiger partial charge in [0.15, 0.2) is 0 Å². The normalized spacial score (nSPS) is 15.4. The molecule has 1 amide bonds. The van der Waals surface area contributed by atoms with Gasteiger partial charge in [-0.1, -0.05) is 23.7 Å². The van der Waals surface area contributed by atoms with Crippen LogP contribution in [-0.2, 0) is 6.18 Å². The van der Waals surface area contributed by atoms with E-state index in [4.69, 9.17) is 11.6 Å². The van der Waals surface area contributed by atoms with E-state index >= 15 is 0 Å². The molecular weight excluding hydrogens is 357 g/mol. The fourth-order valence-corrected chi connectivity index (χ4v) is 2.84. The van der Waals surface area contributed by atoms with E-state index in [1.807, 2.05) is 0 Å². The Balaban J connectivity index is 1.68. The molecule has 9 heteroatoms. The SMILES string of the molecule is O=C(c1ccccc1Cl)N1CCN(c2cc(C(F)(F)F)ncn2)CC1. The molecular formula is C16H14ClF3N4O. The number of benzene rings is 1. The first-order valence-electron chi connectivity index (χ1n) is 7.54. The molecule has 2 aromatic rings. The standard InChI is InChI=1S/C16H14ClF3N4O/c17-12-4-2-1-3-11(12)15(25)24-7-5-23(6-8-24)14-9-13(16(18,19)20)21-10-22-14/h1-4,9-10H,5-8H2. The van der Waals surface area contributed by atoms with Gasteiger partial charge in [-0.05, 0) is 12.1 Å². The van der Waals surface area contributed by atoms with Gasteiger partial charge in [0.05, 0.1) is 10.6 Å². The van der Waals surface area contributed by atoms with Crippen LogP contribution in [0.15, 0.2) is 36.7 Å². The van der Waals surface area contributed by atoms with E-state index in [0.717, 1.165) is 12.4 Å². The fraction of sp³-hybridized carbons (Fsp3) is 0.312. The number of rotatable bonds is 2. The summed E-state index contributed by atoms with van der Waals surface area (Å²) >= 11 is 6.04. The number of hydrogen-bond donors (Lipinski definition) is 0. The molecule has 0 unspecified atom stereocenters. The molecule has 25 heavy (non-hydrogen) atoms. The quantitative estimate of drug-likeness (QED) is 0.815. The molecule has 2 heterocycles. The fourth-order valence-electron chi connectivity index (χ4n) is 2.62. The maximum atomic E-state index is 12.8. The monoisotopic (exact) mass is 370 g/mol. The Labute approximate surface area is 147 Å². The van der Waals surface area contributed by atoms with Crippen LogP contribution < -0.4 is 4.90 Å². The molecule has 1 aliphatic rings. The Hall–Kier alpha value is -2.35. The molecule has 0 spiro atoms. The van der Waals surface area contributed by atoms with Crippen LogP contribution in [0.5, 0.6) is 0 Å². The molecule has 3 rings (SSSR count). The van der Waals surface area contributed by atoms with Gasteiger partial charge in [-0.25, -0.2) is 9.97 Å². The molecule has 5 nitrogen and oxygen atoms in total. The van der Waals surface area contributed by atoms with E-state index in [9.17, 15) is 18.0 Å². The number of alkyl halides is 3. The molecule has 0 radical (unpaired) electrons. The highest BCUT2D eigenvalue weighted by Crippen LogP contribution is 2.29. The summed E-state index contributed by atoms with van der Waals surface area (Å²) in [7, 11) is 0. The van der Waals surface area contributed by atoms with Crippen molar-refractivity contribution in [1.29, 1.82) is 0 Å². The molecule has 1 aliphatic heterocycles. The second kappa shape index (κ2) is 6.87. The molecule has 0 N–H and O–H groups in total. The predicted octanol–water partition coefficient (Wildman–Crippen LogP) is 3.11. The molecule has 0 bridgehead atoms. The number of hydrogen-bond acceptors (Lipinski definition) is 4. The van der Waals surface area contributed by atoms with E-state index in [-0.39, 0.29) is 11.7 Å². The van der Waals surface area contributed by atoms with Gasteiger partial charge >= 0.3 is 6.18 Å². The summed E-state index contributed by atoms with van der Waals surface area (Å²) in [5, 5.41) is 0.376. The van der Waals surface area contributed by atoms with Gasteiger partial charge < -0.3 is 9.80 Å². The molecule has 0 aliphatic carbocycles. The summed E-state index contributed by atoms with van der Waals surface area (Å²) in [6, 6.07) is 7.69. The van der Waals surface area contributed by atoms with Gasteiger partial charge in [0.25, 0.3) is 5.91 Å². The van der Waals surface area contributed by atoms with Crippen LogP contribution in [-0.4, -0.2) is 47.0 Å². The van der Waals surface area contributed by atoms with Crippen molar-refractivity contribution in [1.82, 2.24) is 14.9 Å². The summed E-state index contributed by atoms with van der Waals surface area (Å²) in [6.07, 6.45) is -3.61. The molecule has 1 aromatic heterocycles. The van der Waals surface area contributed by atoms with Crippen LogP contribution in [0, 0.1) is 0 Å². The number of amides is 1. The Morgan fingerprint density at radius 3 is 2.40 bits per heavy atom. The first-order valence-corrected chi connectivity index (χ1v) is 7.92. The number of halogens is 4. The maximum absolute atomic E-state index is 12.8.